The molecule has 1 rings (SSSR count). The minimum Gasteiger partial charge on any atom is -0.314 e. The molecule has 0 spiro atoms. The van der Waals surface area contributed by atoms with Crippen molar-refractivity contribution in [3.05, 3.63) is 39.6 Å². The number of likely N-dealkylation sites (N-methyl/N-ethyl adjacent to an activating group) is 1. The quantitative estimate of drug-likeness (QED) is 0.886. The van der Waals surface area contributed by atoms with Crippen LogP contribution >= 0.6 is 15.9 Å². The molecule has 1 aromatic carbocycles. The van der Waals surface area contributed by atoms with Crippen molar-refractivity contribution >= 4 is 22.0 Å². The van der Waals surface area contributed by atoms with E-state index in [-0.39, 0.29) is 11.9 Å². The minimum absolute atomic E-state index is 0.194. The van der Waals surface area contributed by atoms with Crippen LogP contribution in [0.5, 0.6) is 0 Å². The molecule has 1 atom stereocenters. The Balaban J connectivity index is 3.01. The normalized spacial score (nSPS) is 14.1. The molecule has 15 heavy (non-hydrogen) atoms. The van der Waals surface area contributed by atoms with Crippen LogP contribution < -0.4 is 5.32 Å². The van der Waals surface area contributed by atoms with Gasteiger partial charge in [-0.3, -0.25) is 0 Å². The molecule has 0 radical (unpaired) electrons. The lowest BCUT2D eigenvalue weighted by Crippen LogP contribution is -2.22. The molecule has 0 amide bonds. The predicted octanol–water partition coefficient (Wildman–Crippen LogP) is 3.60. The Morgan fingerprint density at radius 3 is 2.80 bits per heavy atom. The molecular formula is C12H15BrFN. The molecular weight excluding hydrogens is 257 g/mol. The van der Waals surface area contributed by atoms with Crippen LogP contribution in [0.3, 0.4) is 0 Å². The van der Waals surface area contributed by atoms with Crippen molar-refractivity contribution in [2.75, 3.05) is 7.05 Å². The van der Waals surface area contributed by atoms with E-state index in [9.17, 15) is 4.39 Å². The van der Waals surface area contributed by atoms with Gasteiger partial charge in [0.25, 0.3) is 0 Å². The summed E-state index contributed by atoms with van der Waals surface area (Å²) in [6.45, 7) is 4.03. The summed E-state index contributed by atoms with van der Waals surface area (Å²) in [6.07, 6.45) is 1.86. The van der Waals surface area contributed by atoms with E-state index in [1.54, 1.807) is 12.1 Å². The third-order valence-electron chi connectivity index (χ3n) is 2.46. The van der Waals surface area contributed by atoms with Gasteiger partial charge in [0.15, 0.2) is 0 Å². The van der Waals surface area contributed by atoms with Crippen molar-refractivity contribution in [1.29, 1.82) is 0 Å². The maximum absolute atomic E-state index is 13.4. The van der Waals surface area contributed by atoms with Crippen LogP contribution in [0.15, 0.2) is 28.2 Å². The first-order valence-corrected chi connectivity index (χ1v) is 5.64. The van der Waals surface area contributed by atoms with Gasteiger partial charge in [-0.2, -0.15) is 0 Å². The topological polar surface area (TPSA) is 12.0 Å². The minimum atomic E-state index is -0.194. The lowest BCUT2D eigenvalue weighted by Gasteiger charge is -2.10. The van der Waals surface area contributed by atoms with Crippen LogP contribution in [0, 0.1) is 5.82 Å². The van der Waals surface area contributed by atoms with Gasteiger partial charge >= 0.3 is 0 Å². The van der Waals surface area contributed by atoms with Crippen LogP contribution in [0.4, 0.5) is 4.39 Å². The highest BCUT2D eigenvalue weighted by atomic mass is 79.9. The fourth-order valence-electron chi connectivity index (χ4n) is 1.22. The Kier molecular flexibility index (Phi) is 4.48. The van der Waals surface area contributed by atoms with Gasteiger partial charge in [-0.1, -0.05) is 27.6 Å². The van der Waals surface area contributed by atoms with Crippen molar-refractivity contribution in [3.63, 3.8) is 0 Å². The third kappa shape index (κ3) is 3.43. The molecule has 82 valence electrons. The molecule has 1 N–H and O–H groups in total. The summed E-state index contributed by atoms with van der Waals surface area (Å²) in [5.74, 6) is -0.194. The highest BCUT2D eigenvalue weighted by Gasteiger charge is 2.04. The fourth-order valence-corrected chi connectivity index (χ4v) is 1.60. The molecule has 0 aliphatic rings. The van der Waals surface area contributed by atoms with E-state index >= 15 is 0 Å². The number of benzene rings is 1. The van der Waals surface area contributed by atoms with Gasteiger partial charge < -0.3 is 5.32 Å². The molecule has 0 bridgehead atoms. The Labute approximate surface area is 98.5 Å². The summed E-state index contributed by atoms with van der Waals surface area (Å²) >= 11 is 3.33. The monoisotopic (exact) mass is 271 g/mol. The van der Waals surface area contributed by atoms with Gasteiger partial charge in [0.2, 0.25) is 0 Å². The molecule has 0 saturated carbocycles. The molecule has 0 saturated heterocycles. The van der Waals surface area contributed by atoms with Gasteiger partial charge in [0.05, 0.1) is 0 Å². The smallest absolute Gasteiger partial charge is 0.130 e. The van der Waals surface area contributed by atoms with Crippen LogP contribution in [0.2, 0.25) is 0 Å². The Morgan fingerprint density at radius 2 is 2.20 bits per heavy atom. The highest BCUT2D eigenvalue weighted by molar-refractivity contribution is 9.10. The molecule has 1 aromatic rings. The van der Waals surface area contributed by atoms with Gasteiger partial charge in [-0.15, -0.1) is 0 Å². The maximum Gasteiger partial charge on any atom is 0.130 e. The van der Waals surface area contributed by atoms with E-state index < -0.39 is 0 Å². The first-order valence-electron chi connectivity index (χ1n) is 4.85. The lowest BCUT2D eigenvalue weighted by atomic mass is 10.1. The van der Waals surface area contributed by atoms with Crippen LogP contribution in [-0.4, -0.2) is 13.1 Å². The summed E-state index contributed by atoms with van der Waals surface area (Å²) < 4.78 is 14.3. The Bertz CT molecular complexity index is 374. The number of hydrogen-bond acceptors (Lipinski definition) is 1. The average molecular weight is 272 g/mol. The summed E-state index contributed by atoms with van der Waals surface area (Å²) in [6, 6.07) is 5.20. The van der Waals surface area contributed by atoms with Crippen LogP contribution in [-0.2, 0) is 0 Å². The second-order valence-electron chi connectivity index (χ2n) is 3.56. The number of hydrogen-bond donors (Lipinski definition) is 1. The summed E-state index contributed by atoms with van der Waals surface area (Å²) in [5, 5.41) is 3.12. The first kappa shape index (κ1) is 12.4. The van der Waals surface area contributed by atoms with E-state index in [0.29, 0.717) is 5.56 Å². The maximum atomic E-state index is 13.4. The zero-order valence-electron chi connectivity index (χ0n) is 9.14. The zero-order valence-corrected chi connectivity index (χ0v) is 10.7. The third-order valence-corrected chi connectivity index (χ3v) is 2.95. The SMILES string of the molecule is CNC(C)/C(C)=C/c1cc(Br)ccc1F. The van der Waals surface area contributed by atoms with E-state index in [0.717, 1.165) is 10.0 Å². The largest absolute Gasteiger partial charge is 0.314 e. The molecule has 3 heteroatoms. The van der Waals surface area contributed by atoms with Gasteiger partial charge in [0.1, 0.15) is 5.82 Å². The second kappa shape index (κ2) is 5.42. The van der Waals surface area contributed by atoms with E-state index in [1.807, 2.05) is 27.0 Å². The first-order chi connectivity index (χ1) is 7.04. The van der Waals surface area contributed by atoms with Crippen LogP contribution in [0.1, 0.15) is 19.4 Å². The Hall–Kier alpha value is -0.670. The van der Waals surface area contributed by atoms with Gasteiger partial charge in [-0.25, -0.2) is 4.39 Å². The zero-order chi connectivity index (χ0) is 11.4. The van der Waals surface area contributed by atoms with Crippen molar-refractivity contribution in [1.82, 2.24) is 5.32 Å². The number of rotatable bonds is 3. The average Bonchev–Trinajstić information content (AvgIpc) is 2.22. The lowest BCUT2D eigenvalue weighted by molar-refractivity contribution is 0.624. The van der Waals surface area contributed by atoms with E-state index in [4.69, 9.17) is 0 Å². The molecule has 1 nitrogen and oxygen atoms in total. The predicted molar refractivity (Wildman–Crippen MR) is 66.3 cm³/mol. The van der Waals surface area contributed by atoms with Crippen molar-refractivity contribution in [2.24, 2.45) is 0 Å². The molecule has 0 fully saturated rings. The van der Waals surface area contributed by atoms with Gasteiger partial charge in [-0.05, 0) is 39.1 Å². The molecule has 0 aliphatic carbocycles. The van der Waals surface area contributed by atoms with E-state index in [1.165, 1.54) is 6.07 Å². The van der Waals surface area contributed by atoms with E-state index in [2.05, 4.69) is 21.2 Å². The molecule has 0 aliphatic heterocycles. The number of halogens is 2. The fraction of sp³-hybridized carbons (Fsp3) is 0.333. The summed E-state index contributed by atoms with van der Waals surface area (Å²) in [5.41, 5.74) is 1.72. The number of nitrogens with one attached hydrogen (secondary N) is 1. The van der Waals surface area contributed by atoms with Crippen molar-refractivity contribution in [3.8, 4) is 0 Å². The molecule has 0 aromatic heterocycles. The standard InChI is InChI=1S/C12H15BrFN/c1-8(9(2)15-3)6-10-7-11(13)4-5-12(10)14/h4-7,9,15H,1-3H3/b8-6+. The molecule has 0 heterocycles. The second-order valence-corrected chi connectivity index (χ2v) is 4.48. The van der Waals surface area contributed by atoms with Crippen LogP contribution in [0.25, 0.3) is 6.08 Å². The highest BCUT2D eigenvalue weighted by Crippen LogP contribution is 2.18. The molecule has 1 unspecified atom stereocenters. The Morgan fingerprint density at radius 1 is 1.53 bits per heavy atom. The summed E-state index contributed by atoms with van der Waals surface area (Å²) in [7, 11) is 1.89. The van der Waals surface area contributed by atoms with Crippen molar-refractivity contribution < 1.29 is 4.39 Å². The van der Waals surface area contributed by atoms with Gasteiger partial charge in [0, 0.05) is 16.1 Å². The summed E-state index contributed by atoms with van der Waals surface area (Å²) in [4.78, 5) is 0. The van der Waals surface area contributed by atoms with Crippen molar-refractivity contribution in [2.45, 2.75) is 19.9 Å².